The molecule has 18 heavy (non-hydrogen) atoms. The summed E-state index contributed by atoms with van der Waals surface area (Å²) >= 11 is 4.28. The predicted molar refractivity (Wildman–Crippen MR) is 79.9 cm³/mol. The summed E-state index contributed by atoms with van der Waals surface area (Å²) in [5.74, 6) is 1.63. The largest absolute Gasteiger partial charge is 0.370 e. The Morgan fingerprint density at radius 3 is 3.00 bits per heavy atom. The van der Waals surface area contributed by atoms with Gasteiger partial charge in [-0.15, -0.1) is 12.6 Å². The van der Waals surface area contributed by atoms with Gasteiger partial charge in [-0.25, -0.2) is 4.99 Å². The minimum Gasteiger partial charge on any atom is -0.370 e. The number of hydrogen-bond donors (Lipinski definition) is 5. The lowest BCUT2D eigenvalue weighted by molar-refractivity contribution is 0.582. The summed E-state index contributed by atoms with van der Waals surface area (Å²) in [5, 5.41) is 10.0. The van der Waals surface area contributed by atoms with Crippen molar-refractivity contribution in [2.24, 2.45) is 15.7 Å². The van der Waals surface area contributed by atoms with Gasteiger partial charge in [-0.1, -0.05) is 0 Å². The highest BCUT2D eigenvalue weighted by Gasteiger charge is 2.11. The lowest BCUT2D eigenvalue weighted by Gasteiger charge is -2.22. The lowest BCUT2D eigenvalue weighted by Crippen LogP contribution is -2.41. The molecule has 5 N–H and O–H groups in total. The molecule has 0 saturated heterocycles. The first kappa shape index (κ1) is 14.8. The topological polar surface area (TPSA) is 86.8 Å². The molecule has 1 heterocycles. The number of nitrogens with zero attached hydrogens (tertiary/aromatic N) is 2. The number of hydrogen-bond acceptors (Lipinski definition) is 5. The molecule has 0 bridgehead atoms. The standard InChI is InChI=1S/C11H22N6S/c1-7(2)14-11(18)17-10-6-9(13-5-4-12)15-8(3)16-10/h6-8,13,15H,4-5,12H2,1-3H3,(H2,14,16,17,18). The number of amidine groups is 2. The second-order valence-electron chi connectivity index (χ2n) is 4.28. The molecule has 1 rings (SSSR count). The van der Waals surface area contributed by atoms with Crippen molar-refractivity contribution in [3.8, 4) is 0 Å². The van der Waals surface area contributed by atoms with Crippen molar-refractivity contribution >= 4 is 23.6 Å². The second kappa shape index (κ2) is 7.27. The fourth-order valence-corrected chi connectivity index (χ4v) is 1.80. The second-order valence-corrected chi connectivity index (χ2v) is 4.70. The number of nitrogens with two attached hydrogens (primary N) is 1. The zero-order valence-electron chi connectivity index (χ0n) is 11.1. The SMILES string of the molecule is CC(C)/N=C(\S)NC1=NC(C)NC(NCCN)=C1. The number of nitrogens with one attached hydrogen (secondary N) is 3. The number of rotatable bonds is 4. The zero-order chi connectivity index (χ0) is 13.5. The van der Waals surface area contributed by atoms with Gasteiger partial charge in [0, 0.05) is 25.2 Å². The van der Waals surface area contributed by atoms with E-state index in [4.69, 9.17) is 5.73 Å². The van der Waals surface area contributed by atoms with Gasteiger partial charge < -0.3 is 21.7 Å². The van der Waals surface area contributed by atoms with Crippen LogP contribution in [0.5, 0.6) is 0 Å². The Balaban J connectivity index is 2.66. The summed E-state index contributed by atoms with van der Waals surface area (Å²) in [5.41, 5.74) is 5.46. The number of aliphatic imine (C=N–C) groups is 2. The lowest BCUT2D eigenvalue weighted by atomic mass is 10.4. The van der Waals surface area contributed by atoms with E-state index in [1.807, 2.05) is 26.8 Å². The highest BCUT2D eigenvalue weighted by Crippen LogP contribution is 2.00. The van der Waals surface area contributed by atoms with Crippen molar-refractivity contribution in [3.05, 3.63) is 11.9 Å². The Morgan fingerprint density at radius 1 is 1.67 bits per heavy atom. The van der Waals surface area contributed by atoms with Gasteiger partial charge in [0.1, 0.15) is 17.8 Å². The van der Waals surface area contributed by atoms with E-state index >= 15 is 0 Å². The maximum Gasteiger partial charge on any atom is 0.159 e. The van der Waals surface area contributed by atoms with Crippen molar-refractivity contribution < 1.29 is 0 Å². The van der Waals surface area contributed by atoms with Gasteiger partial charge >= 0.3 is 0 Å². The minimum atomic E-state index is -0.00189. The van der Waals surface area contributed by atoms with Crippen LogP contribution in [-0.4, -0.2) is 36.3 Å². The van der Waals surface area contributed by atoms with Gasteiger partial charge in [0.2, 0.25) is 0 Å². The normalized spacial score (nSPS) is 20.1. The molecule has 7 heteroatoms. The predicted octanol–water partition coefficient (Wildman–Crippen LogP) is 0.00760. The zero-order valence-corrected chi connectivity index (χ0v) is 12.0. The van der Waals surface area contributed by atoms with E-state index in [0.717, 1.165) is 11.7 Å². The maximum absolute atomic E-state index is 5.46. The van der Waals surface area contributed by atoms with E-state index in [1.165, 1.54) is 0 Å². The van der Waals surface area contributed by atoms with Gasteiger partial charge in [-0.05, 0) is 20.8 Å². The molecule has 6 nitrogen and oxygen atoms in total. The summed E-state index contributed by atoms with van der Waals surface area (Å²) in [6, 6.07) is 0.198. The molecule has 0 saturated carbocycles. The minimum absolute atomic E-state index is 0.00189. The average molecular weight is 270 g/mol. The summed E-state index contributed by atoms with van der Waals surface area (Å²) in [7, 11) is 0. The third kappa shape index (κ3) is 5.42. The molecule has 0 aromatic carbocycles. The summed E-state index contributed by atoms with van der Waals surface area (Å²) in [6.45, 7) is 7.26. The van der Waals surface area contributed by atoms with Crippen LogP contribution in [0.15, 0.2) is 21.9 Å². The molecule has 0 radical (unpaired) electrons. The summed E-state index contributed by atoms with van der Waals surface area (Å²) in [4.78, 5) is 8.69. The van der Waals surface area contributed by atoms with Crippen molar-refractivity contribution in [1.29, 1.82) is 0 Å². The van der Waals surface area contributed by atoms with Gasteiger partial charge in [-0.3, -0.25) is 4.99 Å². The van der Waals surface area contributed by atoms with Crippen molar-refractivity contribution in [3.63, 3.8) is 0 Å². The van der Waals surface area contributed by atoms with Gasteiger partial charge in [0.05, 0.1) is 0 Å². The van der Waals surface area contributed by atoms with E-state index in [9.17, 15) is 0 Å². The highest BCUT2D eigenvalue weighted by molar-refractivity contribution is 7.96. The first-order valence-corrected chi connectivity index (χ1v) is 6.49. The summed E-state index contributed by atoms with van der Waals surface area (Å²) < 4.78 is 0. The molecular weight excluding hydrogens is 248 g/mol. The Hall–Kier alpha value is -1.21. The van der Waals surface area contributed by atoms with Crippen LogP contribution in [0, 0.1) is 0 Å². The van der Waals surface area contributed by atoms with Crippen LogP contribution in [0.2, 0.25) is 0 Å². The van der Waals surface area contributed by atoms with Gasteiger partial charge in [-0.2, -0.15) is 0 Å². The molecular formula is C11H22N6S. The van der Waals surface area contributed by atoms with E-state index < -0.39 is 0 Å². The molecule has 1 unspecified atom stereocenters. The van der Waals surface area contributed by atoms with Crippen LogP contribution in [-0.2, 0) is 0 Å². The molecule has 1 atom stereocenters. The van der Waals surface area contributed by atoms with E-state index in [0.29, 0.717) is 18.3 Å². The van der Waals surface area contributed by atoms with Crippen LogP contribution >= 0.6 is 12.6 Å². The molecule has 102 valence electrons. The van der Waals surface area contributed by atoms with Gasteiger partial charge in [0.25, 0.3) is 0 Å². The Labute approximate surface area is 114 Å². The van der Waals surface area contributed by atoms with Gasteiger partial charge in [0.15, 0.2) is 5.17 Å². The van der Waals surface area contributed by atoms with Crippen LogP contribution in [0.3, 0.4) is 0 Å². The monoisotopic (exact) mass is 270 g/mol. The van der Waals surface area contributed by atoms with Crippen LogP contribution in [0.1, 0.15) is 20.8 Å². The molecule has 0 aromatic rings. The van der Waals surface area contributed by atoms with Crippen molar-refractivity contribution in [1.82, 2.24) is 16.0 Å². The molecule has 0 aromatic heterocycles. The smallest absolute Gasteiger partial charge is 0.159 e. The molecule has 1 aliphatic heterocycles. The number of thiol groups is 1. The molecule has 1 aliphatic rings. The Bertz CT molecular complexity index is 361. The molecule has 0 spiro atoms. The average Bonchev–Trinajstić information content (AvgIpc) is 2.24. The quantitative estimate of drug-likeness (QED) is 0.283. The maximum atomic E-state index is 5.46. The molecule has 0 aliphatic carbocycles. The van der Waals surface area contributed by atoms with Crippen molar-refractivity contribution in [2.45, 2.75) is 33.0 Å². The van der Waals surface area contributed by atoms with Crippen LogP contribution in [0.4, 0.5) is 0 Å². The van der Waals surface area contributed by atoms with E-state index in [1.54, 1.807) is 0 Å². The van der Waals surface area contributed by atoms with E-state index in [2.05, 4.69) is 38.6 Å². The van der Waals surface area contributed by atoms with Crippen molar-refractivity contribution in [2.75, 3.05) is 13.1 Å². The first-order valence-electron chi connectivity index (χ1n) is 6.05. The Kier molecular flexibility index (Phi) is 6.00. The third-order valence-electron chi connectivity index (χ3n) is 2.06. The first-order chi connectivity index (χ1) is 8.51. The fraction of sp³-hybridized carbons (Fsp3) is 0.636. The van der Waals surface area contributed by atoms with E-state index in [-0.39, 0.29) is 12.2 Å². The third-order valence-corrected chi connectivity index (χ3v) is 2.29. The Morgan fingerprint density at radius 2 is 2.39 bits per heavy atom. The van der Waals surface area contributed by atoms with Crippen LogP contribution in [0.25, 0.3) is 0 Å². The summed E-state index contributed by atoms with van der Waals surface area (Å²) in [6.07, 6.45) is 1.87. The fourth-order valence-electron chi connectivity index (χ4n) is 1.45. The molecule has 0 amide bonds. The molecule has 0 fully saturated rings. The van der Waals surface area contributed by atoms with Crippen LogP contribution < -0.4 is 21.7 Å². The highest BCUT2D eigenvalue weighted by atomic mass is 32.1.